The van der Waals surface area contributed by atoms with E-state index in [9.17, 15) is 9.18 Å². The lowest BCUT2D eigenvalue weighted by atomic mass is 10.1. The van der Waals surface area contributed by atoms with Crippen LogP contribution in [0.2, 0.25) is 0 Å². The fourth-order valence-corrected chi connectivity index (χ4v) is 3.68. The number of amides is 1. The number of nitrogens with zero attached hydrogens (tertiary/aromatic N) is 3. The topological polar surface area (TPSA) is 50.2 Å². The van der Waals surface area contributed by atoms with Crippen molar-refractivity contribution in [1.29, 1.82) is 0 Å². The zero-order valence-electron chi connectivity index (χ0n) is 14.9. The smallest absolute Gasteiger partial charge is 0.220 e. The first-order chi connectivity index (χ1) is 12.7. The van der Waals surface area contributed by atoms with Crippen LogP contribution in [0.25, 0.3) is 0 Å². The van der Waals surface area contributed by atoms with Gasteiger partial charge in [0.25, 0.3) is 0 Å². The van der Waals surface area contributed by atoms with Crippen LogP contribution in [0.4, 0.5) is 4.39 Å². The molecule has 1 aromatic carbocycles. The molecule has 2 aliphatic rings. The zero-order chi connectivity index (χ0) is 17.9. The normalized spacial score (nSPS) is 20.0. The van der Waals surface area contributed by atoms with Crippen LogP contribution in [0.3, 0.4) is 0 Å². The number of aromatic nitrogens is 2. The molecule has 0 spiro atoms. The standard InChI is InChI=1S/C20H25FN4O/c21-17-5-3-16(4-6-17)12-24-13-18(25-19(14-24)8-10-23-25)7-9-22-20(26)11-15-1-2-15/h3-6,8,10,15,18H,1-2,7,9,11-14H2,(H,22,26). The molecule has 1 aromatic heterocycles. The highest BCUT2D eigenvalue weighted by Crippen LogP contribution is 2.32. The summed E-state index contributed by atoms with van der Waals surface area (Å²) in [4.78, 5) is 14.3. The maximum Gasteiger partial charge on any atom is 0.220 e. The Kier molecular flexibility index (Phi) is 5.02. The molecule has 26 heavy (non-hydrogen) atoms. The third-order valence-electron chi connectivity index (χ3n) is 5.24. The Morgan fingerprint density at radius 2 is 2.04 bits per heavy atom. The lowest BCUT2D eigenvalue weighted by Gasteiger charge is -2.34. The molecule has 1 saturated carbocycles. The van der Waals surface area contributed by atoms with Crippen molar-refractivity contribution in [2.75, 3.05) is 13.1 Å². The molecule has 138 valence electrons. The summed E-state index contributed by atoms with van der Waals surface area (Å²) in [5, 5.41) is 7.53. The summed E-state index contributed by atoms with van der Waals surface area (Å²) in [6.07, 6.45) is 5.78. The summed E-state index contributed by atoms with van der Waals surface area (Å²) in [6.45, 7) is 3.18. The first kappa shape index (κ1) is 17.2. The second kappa shape index (κ2) is 7.58. The first-order valence-corrected chi connectivity index (χ1v) is 9.43. The molecular formula is C20H25FN4O. The van der Waals surface area contributed by atoms with E-state index in [1.54, 1.807) is 0 Å². The van der Waals surface area contributed by atoms with E-state index in [0.29, 0.717) is 18.9 Å². The van der Waals surface area contributed by atoms with Gasteiger partial charge in [0, 0.05) is 38.8 Å². The summed E-state index contributed by atoms with van der Waals surface area (Å²) in [6, 6.07) is 9.00. The molecule has 0 saturated heterocycles. The fraction of sp³-hybridized carbons (Fsp3) is 0.500. The molecule has 0 bridgehead atoms. The van der Waals surface area contributed by atoms with Gasteiger partial charge in [-0.05, 0) is 48.9 Å². The van der Waals surface area contributed by atoms with Crippen LogP contribution in [-0.4, -0.2) is 33.7 Å². The monoisotopic (exact) mass is 356 g/mol. The van der Waals surface area contributed by atoms with Crippen molar-refractivity contribution in [3.63, 3.8) is 0 Å². The maximum atomic E-state index is 13.1. The number of rotatable bonds is 7. The van der Waals surface area contributed by atoms with Crippen molar-refractivity contribution in [3.05, 3.63) is 53.6 Å². The van der Waals surface area contributed by atoms with Gasteiger partial charge >= 0.3 is 0 Å². The van der Waals surface area contributed by atoms with E-state index >= 15 is 0 Å². The van der Waals surface area contributed by atoms with Crippen molar-refractivity contribution >= 4 is 5.91 Å². The van der Waals surface area contributed by atoms with Crippen LogP contribution < -0.4 is 5.32 Å². The summed E-state index contributed by atoms with van der Waals surface area (Å²) in [5.41, 5.74) is 2.29. The average Bonchev–Trinajstić information content (AvgIpc) is 3.30. The number of benzene rings is 1. The summed E-state index contributed by atoms with van der Waals surface area (Å²) in [5.74, 6) is 0.589. The van der Waals surface area contributed by atoms with Crippen molar-refractivity contribution in [3.8, 4) is 0 Å². The number of hydrogen-bond donors (Lipinski definition) is 1. The van der Waals surface area contributed by atoms with Crippen molar-refractivity contribution in [2.45, 2.75) is 44.8 Å². The van der Waals surface area contributed by atoms with Gasteiger partial charge in [0.15, 0.2) is 0 Å². The van der Waals surface area contributed by atoms with Crippen molar-refractivity contribution in [1.82, 2.24) is 20.0 Å². The van der Waals surface area contributed by atoms with Crippen molar-refractivity contribution < 1.29 is 9.18 Å². The summed E-state index contributed by atoms with van der Waals surface area (Å²) in [7, 11) is 0. The highest BCUT2D eigenvalue weighted by atomic mass is 19.1. The molecule has 1 aliphatic carbocycles. The summed E-state index contributed by atoms with van der Waals surface area (Å²) < 4.78 is 15.2. The number of hydrogen-bond acceptors (Lipinski definition) is 3. The van der Waals surface area contributed by atoms with Crippen LogP contribution in [0.15, 0.2) is 36.5 Å². The number of carbonyl (C=O) groups excluding carboxylic acids is 1. The van der Waals surface area contributed by atoms with Crippen LogP contribution in [0.1, 0.15) is 43.0 Å². The van der Waals surface area contributed by atoms with Crippen LogP contribution in [0, 0.1) is 11.7 Å². The van der Waals surface area contributed by atoms with Gasteiger partial charge in [0.05, 0.1) is 11.7 Å². The average molecular weight is 356 g/mol. The molecule has 2 heterocycles. The van der Waals surface area contributed by atoms with Gasteiger partial charge in [-0.3, -0.25) is 14.4 Å². The SMILES string of the molecule is O=C(CC1CC1)NCCC1CN(Cc2ccc(F)cc2)Cc2ccnn21. The van der Waals surface area contributed by atoms with Gasteiger partial charge in [-0.2, -0.15) is 5.10 Å². The van der Waals surface area contributed by atoms with Crippen LogP contribution >= 0.6 is 0 Å². The van der Waals surface area contributed by atoms with Gasteiger partial charge in [-0.25, -0.2) is 4.39 Å². The molecule has 5 nitrogen and oxygen atoms in total. The predicted molar refractivity (Wildman–Crippen MR) is 96.7 cm³/mol. The van der Waals surface area contributed by atoms with Crippen LogP contribution in [0.5, 0.6) is 0 Å². The van der Waals surface area contributed by atoms with Gasteiger partial charge < -0.3 is 5.32 Å². The molecule has 1 aliphatic heterocycles. The number of halogens is 1. The van der Waals surface area contributed by atoms with Crippen molar-refractivity contribution in [2.24, 2.45) is 5.92 Å². The van der Waals surface area contributed by atoms with E-state index in [-0.39, 0.29) is 17.8 Å². The van der Waals surface area contributed by atoms with Gasteiger partial charge in [-0.15, -0.1) is 0 Å². The second-order valence-electron chi connectivity index (χ2n) is 7.50. The van der Waals surface area contributed by atoms with E-state index in [0.717, 1.165) is 31.6 Å². The van der Waals surface area contributed by atoms with Gasteiger partial charge in [0.2, 0.25) is 5.91 Å². The molecule has 4 rings (SSSR count). The van der Waals surface area contributed by atoms with E-state index in [1.165, 1.54) is 30.7 Å². The number of fused-ring (bicyclic) bond motifs is 1. The Morgan fingerprint density at radius 3 is 2.81 bits per heavy atom. The third kappa shape index (κ3) is 4.30. The molecule has 2 aromatic rings. The molecule has 0 radical (unpaired) electrons. The Labute approximate surface area is 153 Å². The van der Waals surface area contributed by atoms with Gasteiger partial charge in [-0.1, -0.05) is 12.1 Å². The van der Waals surface area contributed by atoms with E-state index in [4.69, 9.17) is 0 Å². The largest absolute Gasteiger partial charge is 0.356 e. The Bertz CT molecular complexity index is 753. The Morgan fingerprint density at radius 1 is 1.23 bits per heavy atom. The highest BCUT2D eigenvalue weighted by Gasteiger charge is 2.26. The lowest BCUT2D eigenvalue weighted by Crippen LogP contribution is -2.39. The minimum absolute atomic E-state index is 0.173. The second-order valence-corrected chi connectivity index (χ2v) is 7.50. The van der Waals surface area contributed by atoms with E-state index < -0.39 is 0 Å². The Hall–Kier alpha value is -2.21. The minimum Gasteiger partial charge on any atom is -0.356 e. The third-order valence-corrected chi connectivity index (χ3v) is 5.24. The quantitative estimate of drug-likeness (QED) is 0.830. The molecule has 1 fully saturated rings. The van der Waals surface area contributed by atoms with E-state index in [1.807, 2.05) is 18.3 Å². The van der Waals surface area contributed by atoms with Gasteiger partial charge in [0.1, 0.15) is 5.82 Å². The van der Waals surface area contributed by atoms with Crippen LogP contribution in [-0.2, 0) is 17.9 Å². The summed E-state index contributed by atoms with van der Waals surface area (Å²) >= 11 is 0. The molecule has 6 heteroatoms. The molecular weight excluding hydrogens is 331 g/mol. The minimum atomic E-state index is -0.203. The Balaban J connectivity index is 1.34. The molecule has 1 amide bonds. The predicted octanol–water partition coefficient (Wildman–Crippen LogP) is 2.89. The molecule has 1 unspecified atom stereocenters. The highest BCUT2D eigenvalue weighted by molar-refractivity contribution is 5.76. The first-order valence-electron chi connectivity index (χ1n) is 9.43. The fourth-order valence-electron chi connectivity index (χ4n) is 3.68. The number of carbonyl (C=O) groups is 1. The lowest BCUT2D eigenvalue weighted by molar-refractivity contribution is -0.121. The van der Waals surface area contributed by atoms with E-state index in [2.05, 4.69) is 26.1 Å². The number of nitrogens with one attached hydrogen (secondary N) is 1. The molecule has 1 atom stereocenters. The zero-order valence-corrected chi connectivity index (χ0v) is 14.9. The maximum absolute atomic E-state index is 13.1. The molecule has 1 N–H and O–H groups in total.